The van der Waals surface area contributed by atoms with Crippen molar-refractivity contribution in [3.8, 4) is 5.75 Å². The predicted molar refractivity (Wildman–Crippen MR) is 80.4 cm³/mol. The molecule has 126 valence electrons. The maximum Gasteiger partial charge on any atom is 0.387 e. The number of hydrogen-bond acceptors (Lipinski definition) is 6. The van der Waals surface area contributed by atoms with Gasteiger partial charge in [0, 0.05) is 0 Å². The van der Waals surface area contributed by atoms with Crippen LogP contribution in [0.4, 0.5) is 14.5 Å². The molecule has 3 rings (SSSR count). The number of rotatable bonds is 5. The number of hydrogen-bond donors (Lipinski definition) is 1. The number of aromatic nitrogens is 2. The van der Waals surface area contributed by atoms with Gasteiger partial charge in [-0.3, -0.25) is 4.72 Å². The first-order valence-electron chi connectivity index (χ1n) is 6.66. The molecule has 0 bridgehead atoms. The average molecular weight is 355 g/mol. The van der Waals surface area contributed by atoms with Crippen molar-refractivity contribution in [3.63, 3.8) is 0 Å². The third kappa shape index (κ3) is 3.13. The van der Waals surface area contributed by atoms with Gasteiger partial charge in [-0.2, -0.15) is 8.78 Å². The first kappa shape index (κ1) is 16.1. The normalized spacial score (nSPS) is 11.8. The highest BCUT2D eigenvalue weighted by atomic mass is 32.2. The van der Waals surface area contributed by atoms with Gasteiger partial charge in [0.15, 0.2) is 5.52 Å². The average Bonchev–Trinajstić information content (AvgIpc) is 2.97. The number of fused-ring (bicyclic) bond motifs is 1. The molecule has 0 aliphatic heterocycles. The van der Waals surface area contributed by atoms with Crippen LogP contribution in [0, 0.1) is 6.92 Å². The second-order valence-electron chi connectivity index (χ2n) is 4.87. The molecule has 0 amide bonds. The van der Waals surface area contributed by atoms with Gasteiger partial charge in [-0.25, -0.2) is 13.0 Å². The van der Waals surface area contributed by atoms with Crippen molar-refractivity contribution in [1.29, 1.82) is 0 Å². The molecule has 1 N–H and O–H groups in total. The van der Waals surface area contributed by atoms with Crippen molar-refractivity contribution < 1.29 is 26.6 Å². The lowest BCUT2D eigenvalue weighted by molar-refractivity contribution is -0.0493. The Bertz CT molecular complexity index is 989. The van der Waals surface area contributed by atoms with Crippen LogP contribution < -0.4 is 9.46 Å². The third-order valence-corrected chi connectivity index (χ3v) is 4.53. The summed E-state index contributed by atoms with van der Waals surface area (Å²) in [5.41, 5.74) is 0.810. The van der Waals surface area contributed by atoms with Crippen molar-refractivity contribution >= 4 is 26.7 Å². The second-order valence-corrected chi connectivity index (χ2v) is 6.52. The zero-order valence-corrected chi connectivity index (χ0v) is 13.0. The molecule has 0 spiro atoms. The number of nitrogens with one attached hydrogen (secondary N) is 1. The Labute approximate surface area is 135 Å². The van der Waals surface area contributed by atoms with Crippen molar-refractivity contribution in [2.24, 2.45) is 0 Å². The number of aryl methyl sites for hydroxylation is 1. The van der Waals surface area contributed by atoms with Gasteiger partial charge < -0.3 is 4.74 Å². The summed E-state index contributed by atoms with van der Waals surface area (Å²) in [7, 11) is -4.12. The molecule has 0 atom stereocenters. The number of benzene rings is 2. The van der Waals surface area contributed by atoms with Crippen LogP contribution in [0.25, 0.3) is 11.0 Å². The second kappa shape index (κ2) is 6.04. The Morgan fingerprint density at radius 2 is 2.00 bits per heavy atom. The van der Waals surface area contributed by atoms with Crippen LogP contribution in [-0.4, -0.2) is 25.3 Å². The molecule has 2 aromatic carbocycles. The maximum atomic E-state index is 12.6. The van der Waals surface area contributed by atoms with Crippen molar-refractivity contribution in [2.75, 3.05) is 4.72 Å². The number of alkyl halides is 2. The topological polar surface area (TPSA) is 94.3 Å². The van der Waals surface area contributed by atoms with Gasteiger partial charge in [-0.15, -0.1) is 0 Å². The smallest absolute Gasteiger partial charge is 0.387 e. The van der Waals surface area contributed by atoms with E-state index in [1.807, 2.05) is 0 Å². The summed E-state index contributed by atoms with van der Waals surface area (Å²) in [4.78, 5) is -0.190. The number of nitrogens with zero attached hydrogens (tertiary/aromatic N) is 2. The molecular formula is C14H11F2N3O4S. The molecule has 1 heterocycles. The fourth-order valence-electron chi connectivity index (χ4n) is 2.11. The predicted octanol–water partition coefficient (Wildman–Crippen LogP) is 2.93. The van der Waals surface area contributed by atoms with E-state index in [9.17, 15) is 17.2 Å². The number of sulfonamides is 1. The Morgan fingerprint density at radius 1 is 1.21 bits per heavy atom. The first-order chi connectivity index (χ1) is 11.4. The van der Waals surface area contributed by atoms with Crippen molar-refractivity contribution in [1.82, 2.24) is 10.3 Å². The van der Waals surface area contributed by atoms with Gasteiger partial charge in [-0.1, -0.05) is 12.1 Å². The van der Waals surface area contributed by atoms with Gasteiger partial charge >= 0.3 is 6.61 Å². The zero-order chi connectivity index (χ0) is 17.3. The van der Waals surface area contributed by atoms with Crippen LogP contribution in [0.1, 0.15) is 5.56 Å². The Balaban J connectivity index is 2.03. The molecule has 0 saturated heterocycles. The Kier molecular flexibility index (Phi) is 4.06. The monoisotopic (exact) mass is 355 g/mol. The lowest BCUT2D eigenvalue weighted by atomic mass is 10.2. The summed E-state index contributed by atoms with van der Waals surface area (Å²) >= 11 is 0. The molecule has 0 saturated carbocycles. The number of anilines is 1. The van der Waals surface area contributed by atoms with Gasteiger partial charge in [0.1, 0.15) is 16.2 Å². The highest BCUT2D eigenvalue weighted by Crippen LogP contribution is 2.30. The summed E-state index contributed by atoms with van der Waals surface area (Å²) in [6.45, 7) is -1.42. The van der Waals surface area contributed by atoms with E-state index >= 15 is 0 Å². The van der Waals surface area contributed by atoms with Crippen LogP contribution in [0.3, 0.4) is 0 Å². The van der Waals surface area contributed by atoms with Gasteiger partial charge in [-0.05, 0) is 47.1 Å². The zero-order valence-electron chi connectivity index (χ0n) is 12.2. The van der Waals surface area contributed by atoms with E-state index in [-0.39, 0.29) is 27.4 Å². The number of halogens is 2. The molecule has 0 aliphatic carbocycles. The highest BCUT2D eigenvalue weighted by Gasteiger charge is 2.22. The minimum Gasteiger partial charge on any atom is -0.433 e. The third-order valence-electron chi connectivity index (χ3n) is 3.14. The Morgan fingerprint density at radius 3 is 2.75 bits per heavy atom. The lowest BCUT2D eigenvalue weighted by Gasteiger charge is -2.13. The van der Waals surface area contributed by atoms with Crippen LogP contribution in [0.5, 0.6) is 5.75 Å². The van der Waals surface area contributed by atoms with E-state index in [1.165, 1.54) is 30.3 Å². The van der Waals surface area contributed by atoms with E-state index in [2.05, 4.69) is 24.4 Å². The molecule has 3 aromatic rings. The standard InChI is InChI=1S/C14H11F2N3O4S/c1-8-5-6-9(11(7-8)22-14(15)16)19-24(20,21)12-4-2-3-10-13(12)18-23-17-10/h2-7,14,19H,1H3. The summed E-state index contributed by atoms with van der Waals surface area (Å²) in [5, 5.41) is 7.12. The molecule has 0 fully saturated rings. The molecule has 0 radical (unpaired) electrons. The van der Waals surface area contributed by atoms with Gasteiger partial charge in [0.2, 0.25) is 0 Å². The lowest BCUT2D eigenvalue weighted by Crippen LogP contribution is -2.15. The Hall–Kier alpha value is -2.75. The number of ether oxygens (including phenoxy) is 1. The van der Waals surface area contributed by atoms with E-state index < -0.39 is 16.6 Å². The maximum absolute atomic E-state index is 12.6. The van der Waals surface area contributed by atoms with Crippen LogP contribution >= 0.6 is 0 Å². The van der Waals surface area contributed by atoms with Crippen molar-refractivity contribution in [3.05, 3.63) is 42.0 Å². The van der Waals surface area contributed by atoms with Gasteiger partial charge in [0.05, 0.1) is 5.69 Å². The molecule has 10 heteroatoms. The minimum absolute atomic E-state index is 0.0356. The highest BCUT2D eigenvalue weighted by molar-refractivity contribution is 7.93. The molecule has 24 heavy (non-hydrogen) atoms. The van der Waals surface area contributed by atoms with E-state index in [4.69, 9.17) is 0 Å². The van der Waals surface area contributed by atoms with Crippen molar-refractivity contribution in [2.45, 2.75) is 18.4 Å². The van der Waals surface area contributed by atoms with E-state index in [1.54, 1.807) is 13.0 Å². The summed E-state index contributed by atoms with van der Waals surface area (Å²) < 4.78 is 61.3. The summed E-state index contributed by atoms with van der Waals surface area (Å²) in [5.74, 6) is -0.279. The quantitative estimate of drug-likeness (QED) is 0.756. The summed E-state index contributed by atoms with van der Waals surface area (Å²) in [6.07, 6.45) is 0. The molecule has 7 nitrogen and oxygen atoms in total. The minimum atomic E-state index is -4.12. The van der Waals surface area contributed by atoms with Crippen LogP contribution in [0.15, 0.2) is 45.9 Å². The van der Waals surface area contributed by atoms with Crippen LogP contribution in [-0.2, 0) is 10.0 Å². The molecular weight excluding hydrogens is 344 g/mol. The SMILES string of the molecule is Cc1ccc(NS(=O)(=O)c2cccc3nonc23)c(OC(F)F)c1. The van der Waals surface area contributed by atoms with Crippen LogP contribution in [0.2, 0.25) is 0 Å². The molecule has 1 aromatic heterocycles. The fraction of sp³-hybridized carbons (Fsp3) is 0.143. The molecule has 0 aliphatic rings. The first-order valence-corrected chi connectivity index (χ1v) is 8.15. The summed E-state index contributed by atoms with van der Waals surface area (Å²) in [6, 6.07) is 8.51. The van der Waals surface area contributed by atoms with E-state index in [0.29, 0.717) is 5.56 Å². The largest absolute Gasteiger partial charge is 0.433 e. The van der Waals surface area contributed by atoms with Gasteiger partial charge in [0.25, 0.3) is 10.0 Å². The fourth-order valence-corrected chi connectivity index (χ4v) is 3.33. The molecule has 0 unspecified atom stereocenters. The van der Waals surface area contributed by atoms with E-state index in [0.717, 1.165) is 0 Å².